The summed E-state index contributed by atoms with van der Waals surface area (Å²) in [6, 6.07) is 0.371. The number of aryl methyl sites for hydroxylation is 1. The molecule has 1 aliphatic carbocycles. The third-order valence-corrected chi connectivity index (χ3v) is 1.93. The molecule has 0 bridgehead atoms. The van der Waals surface area contributed by atoms with E-state index in [-0.39, 0.29) is 5.91 Å². The van der Waals surface area contributed by atoms with Crippen LogP contribution in [0, 0.1) is 6.92 Å². The van der Waals surface area contributed by atoms with Crippen molar-refractivity contribution in [2.24, 2.45) is 0 Å². The summed E-state index contributed by atoms with van der Waals surface area (Å²) < 4.78 is 0. The van der Waals surface area contributed by atoms with E-state index in [9.17, 15) is 4.79 Å². The number of rotatable bonds is 2. The Hall–Kier alpha value is -1.45. The Kier molecular flexibility index (Phi) is 1.96. The first kappa shape index (κ1) is 8.16. The van der Waals surface area contributed by atoms with Gasteiger partial charge in [-0.1, -0.05) is 0 Å². The van der Waals surface area contributed by atoms with Gasteiger partial charge in [0.1, 0.15) is 5.69 Å². The summed E-state index contributed by atoms with van der Waals surface area (Å²) in [5.74, 6) is -0.116. The zero-order chi connectivity index (χ0) is 9.26. The number of aromatic nitrogens is 2. The highest BCUT2D eigenvalue weighted by molar-refractivity contribution is 5.92. The van der Waals surface area contributed by atoms with Gasteiger partial charge < -0.3 is 5.32 Å². The molecule has 0 atom stereocenters. The Bertz CT molecular complexity index is 316. The first-order valence-corrected chi connectivity index (χ1v) is 4.35. The van der Waals surface area contributed by atoms with Crippen LogP contribution in [-0.2, 0) is 0 Å². The van der Waals surface area contributed by atoms with Crippen molar-refractivity contribution in [2.45, 2.75) is 25.8 Å². The summed E-state index contributed by atoms with van der Waals surface area (Å²) in [6.07, 6.45) is 5.28. The fourth-order valence-corrected chi connectivity index (χ4v) is 0.997. The minimum Gasteiger partial charge on any atom is -0.348 e. The summed E-state index contributed by atoms with van der Waals surface area (Å²) >= 11 is 0. The molecule has 1 fully saturated rings. The van der Waals surface area contributed by atoms with Gasteiger partial charge in [-0.25, -0.2) is 4.98 Å². The highest BCUT2D eigenvalue weighted by Gasteiger charge is 2.24. The number of hydrogen-bond donors (Lipinski definition) is 1. The topological polar surface area (TPSA) is 54.9 Å². The van der Waals surface area contributed by atoms with Gasteiger partial charge in [-0.2, -0.15) is 0 Å². The molecule has 0 spiro atoms. The van der Waals surface area contributed by atoms with Crippen LogP contribution in [0.15, 0.2) is 12.4 Å². The molecule has 0 unspecified atom stereocenters. The summed E-state index contributed by atoms with van der Waals surface area (Å²) in [6.45, 7) is 1.84. The molecule has 0 aliphatic heterocycles. The molecule has 1 N–H and O–H groups in total. The third kappa shape index (κ3) is 2.02. The number of carbonyl (C=O) groups excluding carboxylic acids is 1. The number of nitrogens with zero attached hydrogens (tertiary/aromatic N) is 2. The van der Waals surface area contributed by atoms with E-state index < -0.39 is 0 Å². The average molecular weight is 177 g/mol. The van der Waals surface area contributed by atoms with Gasteiger partial charge >= 0.3 is 0 Å². The van der Waals surface area contributed by atoms with Gasteiger partial charge in [0.05, 0.1) is 11.9 Å². The van der Waals surface area contributed by atoms with E-state index >= 15 is 0 Å². The number of carbonyl (C=O) groups is 1. The molecular weight excluding hydrogens is 166 g/mol. The smallest absolute Gasteiger partial charge is 0.271 e. The number of nitrogens with one attached hydrogen (secondary N) is 1. The van der Waals surface area contributed by atoms with Gasteiger partial charge in [-0.15, -0.1) is 0 Å². The van der Waals surface area contributed by atoms with Crippen LogP contribution in [0.2, 0.25) is 0 Å². The van der Waals surface area contributed by atoms with E-state index in [1.54, 1.807) is 6.20 Å². The molecular formula is C9H11N3O. The second-order valence-electron chi connectivity index (χ2n) is 3.29. The van der Waals surface area contributed by atoms with Gasteiger partial charge in [-0.3, -0.25) is 9.78 Å². The number of amides is 1. The molecule has 1 aliphatic rings. The lowest BCUT2D eigenvalue weighted by atomic mass is 10.4. The molecule has 4 nitrogen and oxygen atoms in total. The Balaban J connectivity index is 2.05. The molecule has 0 radical (unpaired) electrons. The van der Waals surface area contributed by atoms with Crippen LogP contribution in [0.5, 0.6) is 0 Å². The van der Waals surface area contributed by atoms with Gasteiger partial charge in [0.25, 0.3) is 5.91 Å². The number of hydrogen-bond acceptors (Lipinski definition) is 3. The van der Waals surface area contributed by atoms with E-state index in [1.807, 2.05) is 6.92 Å². The zero-order valence-corrected chi connectivity index (χ0v) is 7.45. The van der Waals surface area contributed by atoms with Gasteiger partial charge in [0, 0.05) is 12.2 Å². The maximum atomic E-state index is 11.4. The van der Waals surface area contributed by atoms with Crippen LogP contribution in [0.4, 0.5) is 0 Å². The van der Waals surface area contributed by atoms with E-state index in [4.69, 9.17) is 0 Å². The molecule has 68 valence electrons. The fourth-order valence-electron chi connectivity index (χ4n) is 0.997. The van der Waals surface area contributed by atoms with Gasteiger partial charge in [0.15, 0.2) is 0 Å². The summed E-state index contributed by atoms with van der Waals surface area (Å²) in [7, 11) is 0. The van der Waals surface area contributed by atoms with Crippen molar-refractivity contribution in [1.82, 2.24) is 15.3 Å². The minimum absolute atomic E-state index is 0.116. The maximum absolute atomic E-state index is 11.4. The lowest BCUT2D eigenvalue weighted by molar-refractivity contribution is 0.0945. The summed E-state index contributed by atoms with van der Waals surface area (Å²) in [5.41, 5.74) is 1.22. The predicted molar refractivity (Wildman–Crippen MR) is 47.3 cm³/mol. The monoisotopic (exact) mass is 177 g/mol. The molecule has 1 heterocycles. The Morgan fingerprint density at radius 1 is 1.46 bits per heavy atom. The van der Waals surface area contributed by atoms with Gasteiger partial charge in [-0.05, 0) is 19.8 Å². The van der Waals surface area contributed by atoms with E-state index in [0.29, 0.717) is 11.7 Å². The van der Waals surface area contributed by atoms with Crippen molar-refractivity contribution in [3.63, 3.8) is 0 Å². The van der Waals surface area contributed by atoms with Crippen molar-refractivity contribution >= 4 is 5.91 Å². The van der Waals surface area contributed by atoms with Gasteiger partial charge in [0.2, 0.25) is 0 Å². The van der Waals surface area contributed by atoms with Crippen LogP contribution in [0.1, 0.15) is 29.0 Å². The second kappa shape index (κ2) is 3.12. The average Bonchev–Trinajstić information content (AvgIpc) is 2.89. The maximum Gasteiger partial charge on any atom is 0.271 e. The fraction of sp³-hybridized carbons (Fsp3) is 0.444. The van der Waals surface area contributed by atoms with Crippen molar-refractivity contribution in [3.8, 4) is 0 Å². The van der Waals surface area contributed by atoms with Crippen LogP contribution >= 0.6 is 0 Å². The third-order valence-electron chi connectivity index (χ3n) is 1.93. The molecule has 1 aromatic rings. The molecule has 0 saturated heterocycles. The van der Waals surface area contributed by atoms with E-state index in [2.05, 4.69) is 15.3 Å². The quantitative estimate of drug-likeness (QED) is 0.722. The molecule has 4 heteroatoms. The lowest BCUT2D eigenvalue weighted by Gasteiger charge is -2.01. The Morgan fingerprint density at radius 2 is 2.23 bits per heavy atom. The normalized spacial score (nSPS) is 15.5. The second-order valence-corrected chi connectivity index (χ2v) is 3.29. The summed E-state index contributed by atoms with van der Waals surface area (Å²) in [4.78, 5) is 19.4. The molecule has 1 amide bonds. The van der Waals surface area contributed by atoms with Crippen LogP contribution < -0.4 is 5.32 Å². The van der Waals surface area contributed by atoms with Crippen LogP contribution in [0.3, 0.4) is 0 Å². The van der Waals surface area contributed by atoms with E-state index in [0.717, 1.165) is 18.5 Å². The zero-order valence-electron chi connectivity index (χ0n) is 7.45. The molecule has 1 saturated carbocycles. The highest BCUT2D eigenvalue weighted by atomic mass is 16.2. The molecule has 0 aromatic carbocycles. The van der Waals surface area contributed by atoms with Crippen molar-refractivity contribution in [1.29, 1.82) is 0 Å². The first-order valence-electron chi connectivity index (χ1n) is 4.35. The summed E-state index contributed by atoms with van der Waals surface area (Å²) in [5, 5.41) is 2.85. The Labute approximate surface area is 76.4 Å². The van der Waals surface area contributed by atoms with E-state index in [1.165, 1.54) is 6.20 Å². The van der Waals surface area contributed by atoms with Crippen LogP contribution in [-0.4, -0.2) is 21.9 Å². The van der Waals surface area contributed by atoms with Crippen molar-refractivity contribution < 1.29 is 4.79 Å². The standard InChI is InChI=1S/C9H11N3O/c1-6-4-11-8(5-10-6)9(13)12-7-2-3-7/h4-5,7H,2-3H2,1H3,(H,12,13). The predicted octanol–water partition coefficient (Wildman–Crippen LogP) is 0.677. The molecule has 1 aromatic heterocycles. The SMILES string of the molecule is Cc1cnc(C(=O)NC2CC2)cn1. The molecule has 2 rings (SSSR count). The molecule has 13 heavy (non-hydrogen) atoms. The van der Waals surface area contributed by atoms with Crippen molar-refractivity contribution in [3.05, 3.63) is 23.8 Å². The Morgan fingerprint density at radius 3 is 2.77 bits per heavy atom. The first-order chi connectivity index (χ1) is 6.25. The minimum atomic E-state index is -0.116. The van der Waals surface area contributed by atoms with Crippen molar-refractivity contribution in [2.75, 3.05) is 0 Å². The largest absolute Gasteiger partial charge is 0.348 e. The highest BCUT2D eigenvalue weighted by Crippen LogP contribution is 2.18. The van der Waals surface area contributed by atoms with Crippen LogP contribution in [0.25, 0.3) is 0 Å². The lowest BCUT2D eigenvalue weighted by Crippen LogP contribution is -2.26.